The number of hydrogen-bond donors (Lipinski definition) is 0. The first kappa shape index (κ1) is 18.7. The molecule has 0 radical (unpaired) electrons. The molecule has 1 aromatic heterocycles. The zero-order valence-corrected chi connectivity index (χ0v) is 13.9. The second-order valence-corrected chi connectivity index (χ2v) is 7.84. The Bertz CT molecular complexity index is 691. The lowest BCUT2D eigenvalue weighted by Gasteiger charge is -2.35. The molecule has 1 aliphatic rings. The first-order valence-electron chi connectivity index (χ1n) is 7.12. The summed E-state index contributed by atoms with van der Waals surface area (Å²) < 4.78 is 71.9. The number of hydrogen-bond acceptors (Lipinski definition) is 6. The molecule has 136 valence electrons. The SMILES string of the molecule is CC1CN(C(=O)CS(=O)(=O)Cc2conc2C(F)(F)F)CC(C)O1. The van der Waals surface area contributed by atoms with E-state index in [2.05, 4.69) is 9.68 Å². The van der Waals surface area contributed by atoms with E-state index in [1.54, 1.807) is 13.8 Å². The number of carbonyl (C=O) groups excluding carboxylic acids is 1. The van der Waals surface area contributed by atoms with Crippen LogP contribution < -0.4 is 0 Å². The summed E-state index contributed by atoms with van der Waals surface area (Å²) in [5.41, 5.74) is -2.01. The molecule has 1 fully saturated rings. The first-order valence-corrected chi connectivity index (χ1v) is 8.94. The van der Waals surface area contributed by atoms with Crippen LogP contribution in [0.25, 0.3) is 0 Å². The highest BCUT2D eigenvalue weighted by atomic mass is 32.2. The van der Waals surface area contributed by atoms with Crippen molar-refractivity contribution in [3.63, 3.8) is 0 Å². The van der Waals surface area contributed by atoms with Crippen LogP contribution in [-0.2, 0) is 31.3 Å². The molecule has 1 amide bonds. The minimum absolute atomic E-state index is 0.236. The molecule has 2 atom stereocenters. The summed E-state index contributed by atoms with van der Waals surface area (Å²) in [4.78, 5) is 13.5. The van der Waals surface area contributed by atoms with Crippen LogP contribution in [0.5, 0.6) is 0 Å². The molecular formula is C13H17F3N2O5S. The highest BCUT2D eigenvalue weighted by Crippen LogP contribution is 2.31. The van der Waals surface area contributed by atoms with Crippen molar-refractivity contribution >= 4 is 15.7 Å². The number of ether oxygens (including phenoxy) is 1. The summed E-state index contributed by atoms with van der Waals surface area (Å²) in [7, 11) is -4.10. The monoisotopic (exact) mass is 370 g/mol. The van der Waals surface area contributed by atoms with Crippen LogP contribution >= 0.6 is 0 Å². The van der Waals surface area contributed by atoms with Crippen molar-refractivity contribution in [2.45, 2.75) is 38.0 Å². The maximum atomic E-state index is 12.7. The van der Waals surface area contributed by atoms with Crippen molar-refractivity contribution in [1.82, 2.24) is 10.1 Å². The van der Waals surface area contributed by atoms with Crippen molar-refractivity contribution in [2.24, 2.45) is 0 Å². The summed E-state index contributed by atoms with van der Waals surface area (Å²) in [6.07, 6.45) is -4.67. The van der Waals surface area contributed by atoms with Crippen molar-refractivity contribution in [2.75, 3.05) is 18.8 Å². The number of rotatable bonds is 4. The van der Waals surface area contributed by atoms with E-state index < -0.39 is 44.7 Å². The Morgan fingerprint density at radius 1 is 1.33 bits per heavy atom. The number of amides is 1. The zero-order valence-electron chi connectivity index (χ0n) is 13.0. The van der Waals surface area contributed by atoms with Gasteiger partial charge in [0.25, 0.3) is 0 Å². The number of carbonyl (C=O) groups is 1. The third-order valence-electron chi connectivity index (χ3n) is 3.40. The normalized spacial score (nSPS) is 22.6. The molecule has 0 aliphatic carbocycles. The Kier molecular flexibility index (Phi) is 5.23. The first-order chi connectivity index (χ1) is 11.0. The van der Waals surface area contributed by atoms with E-state index in [0.717, 1.165) is 0 Å². The zero-order chi connectivity index (χ0) is 18.1. The molecule has 7 nitrogen and oxygen atoms in total. The van der Waals surface area contributed by atoms with Gasteiger partial charge >= 0.3 is 6.18 Å². The molecule has 24 heavy (non-hydrogen) atoms. The van der Waals surface area contributed by atoms with Crippen LogP contribution in [0.1, 0.15) is 25.1 Å². The molecule has 11 heteroatoms. The standard InChI is InChI=1S/C13H17F3N2O5S/c1-8-3-18(4-9(2)23-8)11(19)7-24(20,21)6-10-5-22-17-12(10)13(14,15)16/h5,8-9H,3-4,6-7H2,1-2H3. The van der Waals surface area contributed by atoms with Crippen molar-refractivity contribution in [3.8, 4) is 0 Å². The fourth-order valence-corrected chi connectivity index (χ4v) is 3.88. The maximum Gasteiger partial charge on any atom is 0.437 e. The van der Waals surface area contributed by atoms with Crippen molar-refractivity contribution in [3.05, 3.63) is 17.5 Å². The molecule has 0 spiro atoms. The van der Waals surface area contributed by atoms with E-state index in [1.807, 2.05) is 0 Å². The van der Waals surface area contributed by atoms with E-state index in [-0.39, 0.29) is 25.3 Å². The van der Waals surface area contributed by atoms with Gasteiger partial charge in [0.2, 0.25) is 5.91 Å². The maximum absolute atomic E-state index is 12.7. The predicted octanol–water partition coefficient (Wildman–Crippen LogP) is 1.24. The number of alkyl halides is 3. The predicted molar refractivity (Wildman–Crippen MR) is 75.6 cm³/mol. The van der Waals surface area contributed by atoms with Gasteiger partial charge in [0.1, 0.15) is 12.0 Å². The molecule has 1 saturated heterocycles. The molecule has 2 unspecified atom stereocenters. The number of halogens is 3. The smallest absolute Gasteiger partial charge is 0.372 e. The number of aromatic nitrogens is 1. The molecule has 1 aromatic rings. The minimum Gasteiger partial charge on any atom is -0.372 e. The quantitative estimate of drug-likeness (QED) is 0.792. The van der Waals surface area contributed by atoms with E-state index in [9.17, 15) is 26.4 Å². The lowest BCUT2D eigenvalue weighted by Crippen LogP contribution is -2.49. The Hall–Kier alpha value is -1.62. The van der Waals surface area contributed by atoms with Gasteiger partial charge in [-0.25, -0.2) is 8.42 Å². The highest BCUT2D eigenvalue weighted by molar-refractivity contribution is 7.91. The van der Waals surface area contributed by atoms with E-state index in [1.165, 1.54) is 4.90 Å². The van der Waals surface area contributed by atoms with Crippen LogP contribution in [0.3, 0.4) is 0 Å². The van der Waals surface area contributed by atoms with Gasteiger partial charge in [0.05, 0.1) is 18.0 Å². The summed E-state index contributed by atoms with van der Waals surface area (Å²) in [6.45, 7) is 3.97. The molecule has 2 rings (SSSR count). The summed E-state index contributed by atoms with van der Waals surface area (Å²) in [5, 5.41) is 2.78. The molecule has 0 bridgehead atoms. The molecule has 1 aliphatic heterocycles. The number of sulfone groups is 1. The van der Waals surface area contributed by atoms with Crippen LogP contribution in [0.2, 0.25) is 0 Å². The third-order valence-corrected chi connectivity index (χ3v) is 4.84. The van der Waals surface area contributed by atoms with Gasteiger partial charge in [0, 0.05) is 18.7 Å². The van der Waals surface area contributed by atoms with E-state index in [0.29, 0.717) is 6.26 Å². The fourth-order valence-electron chi connectivity index (χ4n) is 2.54. The van der Waals surface area contributed by atoms with Crippen LogP contribution in [0.15, 0.2) is 10.8 Å². The second kappa shape index (κ2) is 6.71. The van der Waals surface area contributed by atoms with Gasteiger partial charge in [-0.1, -0.05) is 5.16 Å². The Morgan fingerprint density at radius 3 is 2.46 bits per heavy atom. The lowest BCUT2D eigenvalue weighted by molar-refractivity contribution is -0.143. The van der Waals surface area contributed by atoms with Gasteiger partial charge in [0.15, 0.2) is 15.5 Å². The minimum atomic E-state index is -4.82. The lowest BCUT2D eigenvalue weighted by atomic mass is 10.2. The van der Waals surface area contributed by atoms with Gasteiger partial charge in [-0.05, 0) is 13.8 Å². The summed E-state index contributed by atoms with van der Waals surface area (Å²) in [6, 6.07) is 0. The van der Waals surface area contributed by atoms with Gasteiger partial charge in [-0.2, -0.15) is 13.2 Å². The van der Waals surface area contributed by atoms with Gasteiger partial charge < -0.3 is 14.2 Å². The van der Waals surface area contributed by atoms with Crippen LogP contribution in [0, 0.1) is 0 Å². The molecule has 0 saturated carbocycles. The van der Waals surface area contributed by atoms with E-state index in [4.69, 9.17) is 4.74 Å². The van der Waals surface area contributed by atoms with Gasteiger partial charge in [-0.15, -0.1) is 0 Å². The molecule has 0 N–H and O–H groups in total. The molecule has 2 heterocycles. The Balaban J connectivity index is 2.06. The number of nitrogens with zero attached hydrogens (tertiary/aromatic N) is 2. The van der Waals surface area contributed by atoms with Crippen LogP contribution in [0.4, 0.5) is 13.2 Å². The topological polar surface area (TPSA) is 89.7 Å². The Morgan fingerprint density at radius 2 is 1.92 bits per heavy atom. The molecular weight excluding hydrogens is 353 g/mol. The van der Waals surface area contributed by atoms with Crippen molar-refractivity contribution in [1.29, 1.82) is 0 Å². The third kappa shape index (κ3) is 4.69. The highest BCUT2D eigenvalue weighted by Gasteiger charge is 2.39. The summed E-state index contributed by atoms with van der Waals surface area (Å²) in [5.74, 6) is -2.51. The van der Waals surface area contributed by atoms with Crippen LogP contribution in [-0.4, -0.2) is 55.4 Å². The fraction of sp³-hybridized carbons (Fsp3) is 0.692. The Labute approximate surface area is 136 Å². The average Bonchev–Trinajstić information content (AvgIpc) is 2.84. The van der Waals surface area contributed by atoms with Gasteiger partial charge in [-0.3, -0.25) is 4.79 Å². The number of morpholine rings is 1. The summed E-state index contributed by atoms with van der Waals surface area (Å²) >= 11 is 0. The largest absolute Gasteiger partial charge is 0.437 e. The second-order valence-electron chi connectivity index (χ2n) is 5.77. The molecule has 0 aromatic carbocycles. The van der Waals surface area contributed by atoms with E-state index >= 15 is 0 Å². The average molecular weight is 370 g/mol. The van der Waals surface area contributed by atoms with Crippen molar-refractivity contribution < 1.29 is 35.6 Å².